The van der Waals surface area contributed by atoms with Crippen LogP contribution in [-0.2, 0) is 0 Å². The second-order valence-corrected chi connectivity index (χ2v) is 6.42. The molecule has 1 aromatic heterocycles. The molecule has 1 amide bonds. The summed E-state index contributed by atoms with van der Waals surface area (Å²) in [6, 6.07) is 13.3. The number of pyridine rings is 1. The van der Waals surface area contributed by atoms with Crippen LogP contribution in [0.1, 0.15) is 42.6 Å². The number of para-hydroxylation sites is 1. The fourth-order valence-corrected chi connectivity index (χ4v) is 3.06. The predicted octanol–water partition coefficient (Wildman–Crippen LogP) is 4.66. The molecular formula is C21H25N3O. The highest BCUT2D eigenvalue weighted by molar-refractivity contribution is 6.04. The summed E-state index contributed by atoms with van der Waals surface area (Å²) in [6.07, 6.45) is 10.3. The average Bonchev–Trinajstić information content (AvgIpc) is 2.69. The fraction of sp³-hybridized carbons (Fsp3) is 0.333. The molecule has 25 heavy (non-hydrogen) atoms. The second kappa shape index (κ2) is 8.47. The molecule has 0 unspecified atom stereocenters. The molecule has 0 fully saturated rings. The van der Waals surface area contributed by atoms with Gasteiger partial charge >= 0.3 is 0 Å². The zero-order chi connectivity index (χ0) is 17.5. The number of carbonyl (C=O) groups is 1. The molecule has 3 rings (SSSR count). The van der Waals surface area contributed by atoms with Gasteiger partial charge in [0, 0.05) is 19.3 Å². The topological polar surface area (TPSA) is 45.2 Å². The molecule has 1 heterocycles. The van der Waals surface area contributed by atoms with Gasteiger partial charge in [-0.3, -0.25) is 4.79 Å². The van der Waals surface area contributed by atoms with Crippen LogP contribution in [0.15, 0.2) is 60.3 Å². The Labute approximate surface area is 149 Å². The highest BCUT2D eigenvalue weighted by Crippen LogP contribution is 2.20. The summed E-state index contributed by atoms with van der Waals surface area (Å²) >= 11 is 0. The number of nitrogens with zero attached hydrogens (tertiary/aromatic N) is 2. The molecular weight excluding hydrogens is 310 g/mol. The van der Waals surface area contributed by atoms with Crippen LogP contribution in [0.4, 0.5) is 11.4 Å². The lowest BCUT2D eigenvalue weighted by Crippen LogP contribution is -2.26. The summed E-state index contributed by atoms with van der Waals surface area (Å²) in [5.41, 5.74) is 3.82. The normalized spacial score (nSPS) is 13.9. The van der Waals surface area contributed by atoms with E-state index in [1.807, 2.05) is 36.4 Å². The number of benzene rings is 1. The Balaban J connectivity index is 1.54. The number of aromatic nitrogens is 1. The van der Waals surface area contributed by atoms with Gasteiger partial charge in [0.25, 0.3) is 5.91 Å². The minimum atomic E-state index is -0.106. The molecule has 0 aliphatic heterocycles. The summed E-state index contributed by atoms with van der Waals surface area (Å²) in [6.45, 7) is 0.907. The Morgan fingerprint density at radius 2 is 2.00 bits per heavy atom. The molecule has 0 saturated heterocycles. The van der Waals surface area contributed by atoms with Crippen molar-refractivity contribution in [3.63, 3.8) is 0 Å². The van der Waals surface area contributed by atoms with Gasteiger partial charge in [-0.1, -0.05) is 29.8 Å². The first kappa shape index (κ1) is 17.2. The van der Waals surface area contributed by atoms with Crippen LogP contribution in [0, 0.1) is 0 Å². The van der Waals surface area contributed by atoms with Crippen molar-refractivity contribution in [1.82, 2.24) is 4.98 Å². The van der Waals surface area contributed by atoms with Gasteiger partial charge in [0.2, 0.25) is 0 Å². The zero-order valence-electron chi connectivity index (χ0n) is 14.7. The third kappa shape index (κ3) is 4.69. The first-order valence-corrected chi connectivity index (χ1v) is 8.95. The van der Waals surface area contributed by atoms with Gasteiger partial charge in [-0.2, -0.15) is 0 Å². The van der Waals surface area contributed by atoms with E-state index in [0.29, 0.717) is 5.69 Å². The molecule has 4 nitrogen and oxygen atoms in total. The first-order valence-electron chi connectivity index (χ1n) is 8.95. The van der Waals surface area contributed by atoms with Gasteiger partial charge in [0.1, 0.15) is 5.69 Å². The summed E-state index contributed by atoms with van der Waals surface area (Å²) in [5.74, 6) is -0.106. The van der Waals surface area contributed by atoms with Crippen molar-refractivity contribution in [2.24, 2.45) is 0 Å². The molecule has 1 aliphatic rings. The third-order valence-corrected chi connectivity index (χ3v) is 4.59. The van der Waals surface area contributed by atoms with E-state index in [1.54, 1.807) is 29.8 Å². The van der Waals surface area contributed by atoms with E-state index in [2.05, 4.69) is 16.4 Å². The predicted molar refractivity (Wildman–Crippen MR) is 103 cm³/mol. The van der Waals surface area contributed by atoms with Gasteiger partial charge in [-0.15, -0.1) is 0 Å². The first-order chi connectivity index (χ1) is 12.2. The van der Waals surface area contributed by atoms with E-state index >= 15 is 0 Å². The van der Waals surface area contributed by atoms with E-state index in [-0.39, 0.29) is 5.91 Å². The van der Waals surface area contributed by atoms with Crippen LogP contribution >= 0.6 is 0 Å². The Morgan fingerprint density at radius 1 is 1.16 bits per heavy atom. The van der Waals surface area contributed by atoms with Crippen molar-refractivity contribution < 1.29 is 4.79 Å². The number of anilines is 2. The smallest absolute Gasteiger partial charge is 0.276 e. The molecule has 1 aliphatic carbocycles. The van der Waals surface area contributed by atoms with Crippen LogP contribution in [0.3, 0.4) is 0 Å². The van der Waals surface area contributed by atoms with E-state index in [0.717, 1.165) is 24.3 Å². The summed E-state index contributed by atoms with van der Waals surface area (Å²) < 4.78 is 0. The van der Waals surface area contributed by atoms with Crippen LogP contribution in [0.5, 0.6) is 0 Å². The van der Waals surface area contributed by atoms with Crippen molar-refractivity contribution in [2.75, 3.05) is 23.8 Å². The van der Waals surface area contributed by atoms with Crippen molar-refractivity contribution in [3.05, 3.63) is 66.0 Å². The van der Waals surface area contributed by atoms with Gasteiger partial charge in [0.05, 0.1) is 11.9 Å². The molecule has 4 heteroatoms. The highest BCUT2D eigenvalue weighted by atomic mass is 16.2. The number of hydrogen-bond acceptors (Lipinski definition) is 3. The molecule has 0 bridgehead atoms. The zero-order valence-corrected chi connectivity index (χ0v) is 14.7. The largest absolute Gasteiger partial charge is 0.383 e. The maximum absolute atomic E-state index is 12.5. The van der Waals surface area contributed by atoms with Crippen LogP contribution in [0.25, 0.3) is 0 Å². The van der Waals surface area contributed by atoms with Crippen LogP contribution < -0.4 is 10.2 Å². The van der Waals surface area contributed by atoms with Crippen molar-refractivity contribution in [2.45, 2.75) is 32.1 Å². The molecule has 2 aromatic rings. The van der Waals surface area contributed by atoms with E-state index in [1.165, 1.54) is 25.7 Å². The fourth-order valence-electron chi connectivity index (χ4n) is 3.06. The van der Waals surface area contributed by atoms with Crippen molar-refractivity contribution in [1.29, 1.82) is 0 Å². The molecule has 0 saturated carbocycles. The van der Waals surface area contributed by atoms with Gasteiger partial charge in [0.15, 0.2) is 0 Å². The van der Waals surface area contributed by atoms with Gasteiger partial charge in [-0.25, -0.2) is 4.98 Å². The third-order valence-electron chi connectivity index (χ3n) is 4.59. The van der Waals surface area contributed by atoms with Crippen molar-refractivity contribution in [3.8, 4) is 0 Å². The Hall–Kier alpha value is -2.62. The van der Waals surface area contributed by atoms with Gasteiger partial charge in [-0.05, 0) is 56.4 Å². The van der Waals surface area contributed by atoms with Crippen LogP contribution in [0.2, 0.25) is 0 Å². The number of amides is 1. The number of nitrogens with one attached hydrogen (secondary N) is 1. The lowest BCUT2D eigenvalue weighted by molar-refractivity contribution is 0.0988. The minimum absolute atomic E-state index is 0.106. The number of allylic oxidation sites excluding steroid dienone is 1. The minimum Gasteiger partial charge on any atom is -0.383 e. The Kier molecular flexibility index (Phi) is 5.83. The molecule has 1 aromatic carbocycles. The lowest BCUT2D eigenvalue weighted by atomic mass is 9.97. The highest BCUT2D eigenvalue weighted by Gasteiger charge is 2.14. The number of hydrogen-bond donors (Lipinski definition) is 1. The van der Waals surface area contributed by atoms with E-state index in [9.17, 15) is 4.79 Å². The number of rotatable bonds is 6. The SMILES string of the molecule is CN(C(=O)c1ccc(NCCC2=CCCCC2)cn1)c1ccccc1. The molecule has 0 atom stereocenters. The summed E-state index contributed by atoms with van der Waals surface area (Å²) in [7, 11) is 1.77. The molecule has 0 spiro atoms. The summed E-state index contributed by atoms with van der Waals surface area (Å²) in [4.78, 5) is 18.5. The molecule has 130 valence electrons. The maximum atomic E-state index is 12.5. The quantitative estimate of drug-likeness (QED) is 0.781. The van der Waals surface area contributed by atoms with Crippen molar-refractivity contribution >= 4 is 17.3 Å². The Bertz CT molecular complexity index is 723. The standard InChI is InChI=1S/C21H25N3O/c1-24(19-10-6-3-7-11-19)21(25)20-13-12-18(16-23-20)22-15-14-17-8-4-2-5-9-17/h3,6-8,10-13,16,22H,2,4-5,9,14-15H2,1H3. The van der Waals surface area contributed by atoms with E-state index < -0.39 is 0 Å². The van der Waals surface area contributed by atoms with Crippen LogP contribution in [-0.4, -0.2) is 24.5 Å². The Morgan fingerprint density at radius 3 is 2.68 bits per heavy atom. The molecule has 1 N–H and O–H groups in total. The second-order valence-electron chi connectivity index (χ2n) is 6.42. The lowest BCUT2D eigenvalue weighted by Gasteiger charge is -2.17. The van der Waals surface area contributed by atoms with E-state index in [4.69, 9.17) is 0 Å². The summed E-state index contributed by atoms with van der Waals surface area (Å²) in [5, 5.41) is 3.39. The maximum Gasteiger partial charge on any atom is 0.276 e. The molecule has 0 radical (unpaired) electrons. The van der Waals surface area contributed by atoms with Gasteiger partial charge < -0.3 is 10.2 Å². The monoisotopic (exact) mass is 335 g/mol. The average molecular weight is 335 g/mol. The number of carbonyl (C=O) groups excluding carboxylic acids is 1.